The molecule has 24 heteroatoms. The molecule has 4 aromatic carbocycles. The largest absolute Gasteiger partial charge is 0.393 e. The van der Waals surface area contributed by atoms with Crippen molar-refractivity contribution in [1.29, 1.82) is 0 Å². The normalized spacial score (nSPS) is 20.2. The summed E-state index contributed by atoms with van der Waals surface area (Å²) in [5.74, 6) is 3.16. The Morgan fingerprint density at radius 2 is 0.750 bits per heavy atom. The number of rotatable bonds is 24. The predicted octanol–water partition coefficient (Wildman–Crippen LogP) is 18.9. The van der Waals surface area contributed by atoms with Crippen LogP contribution in [-0.2, 0) is 0 Å². The second-order valence-electron chi connectivity index (χ2n) is 30.5. The first kappa shape index (κ1) is 80.2. The van der Waals surface area contributed by atoms with Gasteiger partial charge in [0.1, 0.15) is 28.8 Å². The Labute approximate surface area is 653 Å². The molecule has 4 aliphatic carbocycles. The monoisotopic (exact) mass is 1530 g/mol. The van der Waals surface area contributed by atoms with E-state index in [4.69, 9.17) is 19.9 Å². The van der Waals surface area contributed by atoms with Crippen molar-refractivity contribution >= 4 is 73.8 Å². The molecule has 1 aliphatic heterocycles. The second kappa shape index (κ2) is 38.6. The zero-order valence-electron chi connectivity index (χ0n) is 64.9. The molecule has 16 rings (SSSR count). The molecule has 112 heavy (non-hydrogen) atoms. The molecule has 8 N–H and O–H groups in total. The summed E-state index contributed by atoms with van der Waals surface area (Å²) in [5, 5.41) is 52.8. The van der Waals surface area contributed by atoms with Gasteiger partial charge in [0.2, 0.25) is 23.8 Å². The summed E-state index contributed by atoms with van der Waals surface area (Å²) in [6.45, 7) is 12.9. The van der Waals surface area contributed by atoms with Gasteiger partial charge < -0.3 is 60.3 Å². The van der Waals surface area contributed by atoms with Crippen molar-refractivity contribution in [3.05, 3.63) is 192 Å². The van der Waals surface area contributed by atoms with Gasteiger partial charge in [0.25, 0.3) is 0 Å². The highest BCUT2D eigenvalue weighted by Gasteiger charge is 2.39. The fraction of sp³-hybridized carbons (Fsp3) is 0.455. The minimum Gasteiger partial charge on any atom is -0.393 e. The van der Waals surface area contributed by atoms with Gasteiger partial charge in [-0.2, -0.15) is 0 Å². The van der Waals surface area contributed by atoms with E-state index in [1.807, 2.05) is 56.8 Å². The minimum absolute atomic E-state index is 0.165. The highest BCUT2D eigenvalue weighted by Crippen LogP contribution is 2.48. The zero-order chi connectivity index (χ0) is 78.0. The number of hydrogen-bond donors (Lipinski definition) is 8. The van der Waals surface area contributed by atoms with Crippen LogP contribution in [0, 0.1) is 29.2 Å². The van der Waals surface area contributed by atoms with Gasteiger partial charge >= 0.3 is 0 Å². The van der Waals surface area contributed by atoms with Gasteiger partial charge in [-0.3, -0.25) is 0 Å². The lowest BCUT2D eigenvalue weighted by molar-refractivity contribution is 0.102. The van der Waals surface area contributed by atoms with E-state index >= 15 is 0 Å². The van der Waals surface area contributed by atoms with E-state index in [1.165, 1.54) is 65.2 Å². The first-order valence-electron chi connectivity index (χ1n) is 40.8. The highest BCUT2D eigenvalue weighted by molar-refractivity contribution is 5.92. The number of aliphatic hydroxyl groups excluding tert-OH is 4. The zero-order valence-corrected chi connectivity index (χ0v) is 64.9. The van der Waals surface area contributed by atoms with Crippen LogP contribution in [0.15, 0.2) is 147 Å². The molecule has 0 radical (unpaired) electrons. The molecular formula is C88H108F4N16O4. The van der Waals surface area contributed by atoms with Gasteiger partial charge in [-0.15, -0.1) is 0 Å². The Kier molecular flexibility index (Phi) is 27.6. The molecule has 3 saturated carbocycles. The van der Waals surface area contributed by atoms with Gasteiger partial charge in [0, 0.05) is 85.5 Å². The maximum absolute atomic E-state index is 13.4. The smallest absolute Gasteiger partial charge is 0.223 e. The summed E-state index contributed by atoms with van der Waals surface area (Å²) < 4.78 is 59.6. The van der Waals surface area contributed by atoms with Crippen LogP contribution >= 0.6 is 0 Å². The first-order chi connectivity index (χ1) is 54.6. The van der Waals surface area contributed by atoms with Crippen molar-refractivity contribution in [2.45, 2.75) is 218 Å². The van der Waals surface area contributed by atoms with Gasteiger partial charge in [-0.1, -0.05) is 59.5 Å². The minimum atomic E-state index is -0.268. The Morgan fingerprint density at radius 3 is 1.14 bits per heavy atom. The Bertz CT molecular complexity index is 4700. The lowest BCUT2D eigenvalue weighted by atomic mass is 9.78. The molecule has 11 aromatic rings. The number of aliphatic hydroxyl groups is 4. The van der Waals surface area contributed by atoms with Crippen molar-refractivity contribution in [3.8, 4) is 17.1 Å². The third-order valence-electron chi connectivity index (χ3n) is 22.5. The summed E-state index contributed by atoms with van der Waals surface area (Å²) in [5.41, 5.74) is 15.8. The van der Waals surface area contributed by atoms with Crippen LogP contribution < -0.4 is 26.2 Å². The molecular weight excluding hydrogens is 1420 g/mol. The predicted molar refractivity (Wildman–Crippen MR) is 438 cm³/mol. The number of fused-ring (bicyclic) bond motifs is 4. The van der Waals surface area contributed by atoms with E-state index in [0.29, 0.717) is 53.9 Å². The lowest BCUT2D eigenvalue weighted by Crippen LogP contribution is -2.26. The molecule has 3 fully saturated rings. The van der Waals surface area contributed by atoms with E-state index in [9.17, 15) is 38.0 Å². The summed E-state index contributed by atoms with van der Waals surface area (Å²) in [4.78, 5) is 39.5. The average Bonchev–Trinajstić information content (AvgIpc) is 1.64. The molecule has 0 amide bonds. The molecule has 7 aromatic heterocycles. The van der Waals surface area contributed by atoms with Crippen LogP contribution in [0.1, 0.15) is 216 Å². The maximum Gasteiger partial charge on any atom is 0.223 e. The van der Waals surface area contributed by atoms with Gasteiger partial charge in [-0.05, 0) is 254 Å². The molecule has 592 valence electrons. The number of hydrogen-bond acceptors (Lipinski definition) is 17. The number of anilines is 6. The standard InChI is InChI=1S/C22H29FN4O.2C22H27FN4O.C22H25FN4O/c4*1-2-3-12-24-22-25-13-20-21(26-22)19(15-4-10-18(28)11-5-15)14-27(20)17-8-6-16(23)7-9-17/h6-9,13,15,18-19,28H,2-5,10-12,14H2,1H3,(H,24,25,26);2*6-9,13-15,18,28H,2-5,10-12H2,1H3,(H,24,25,26);4,6-9,13-14,18,28H,2-3,5,10-12H2,1H3,(H,24,25,26). The number of nitrogens with one attached hydrogen (secondary N) is 4. The summed E-state index contributed by atoms with van der Waals surface area (Å²) >= 11 is 0. The van der Waals surface area contributed by atoms with E-state index < -0.39 is 0 Å². The van der Waals surface area contributed by atoms with Crippen LogP contribution in [0.2, 0.25) is 0 Å². The first-order valence-corrected chi connectivity index (χ1v) is 40.8. The van der Waals surface area contributed by atoms with Crippen LogP contribution in [0.25, 0.3) is 55.7 Å². The van der Waals surface area contributed by atoms with E-state index in [0.717, 1.165) is 247 Å². The van der Waals surface area contributed by atoms with Crippen molar-refractivity contribution in [2.24, 2.45) is 5.92 Å². The Balaban J connectivity index is 0.000000131. The second-order valence-corrected chi connectivity index (χ2v) is 30.5. The van der Waals surface area contributed by atoms with E-state index in [1.54, 1.807) is 36.4 Å². The topological polar surface area (TPSA) is 250 Å². The van der Waals surface area contributed by atoms with Crippen LogP contribution in [-0.4, -0.2) is 131 Å². The number of aromatic nitrogens is 11. The lowest BCUT2D eigenvalue weighted by Gasteiger charge is -2.30. The fourth-order valence-electron chi connectivity index (χ4n) is 16.0. The fourth-order valence-corrected chi connectivity index (χ4v) is 16.0. The molecule has 0 saturated heterocycles. The Morgan fingerprint density at radius 1 is 0.393 bits per heavy atom. The van der Waals surface area contributed by atoms with Crippen molar-refractivity contribution in [2.75, 3.05) is 58.9 Å². The van der Waals surface area contributed by atoms with Crippen LogP contribution in [0.5, 0.6) is 0 Å². The maximum atomic E-state index is 13.4. The number of nitrogens with zero attached hydrogens (tertiary/aromatic N) is 12. The van der Waals surface area contributed by atoms with E-state index in [-0.39, 0.29) is 47.7 Å². The summed E-state index contributed by atoms with van der Waals surface area (Å²) in [7, 11) is 0. The molecule has 8 heterocycles. The highest BCUT2D eigenvalue weighted by atomic mass is 19.1. The van der Waals surface area contributed by atoms with Crippen molar-refractivity contribution in [1.82, 2.24) is 53.6 Å². The molecule has 2 unspecified atom stereocenters. The molecule has 0 spiro atoms. The molecule has 20 nitrogen and oxygen atoms in total. The molecule has 2 atom stereocenters. The number of unbranched alkanes of at least 4 members (excludes halogenated alkanes) is 4. The summed E-state index contributed by atoms with van der Waals surface area (Å²) in [6, 6.07) is 26.0. The third-order valence-corrected chi connectivity index (χ3v) is 22.5. The Hall–Kier alpha value is -9.88. The SMILES string of the molecule is CCCCNc1ncc2c(n1)C(C1CCC(O)CC1)CN2c1ccc(F)cc1.CCCCNc1ncc2c(n1)c(C1=CCC(O)CC1)cn2-c1ccc(F)cc1.CCCCNc1ncc2c(n1)c(C1CCC(O)CC1)cn2-c1ccc(F)cc1.CCCCNc1ncc2c(n1)c(C1CCC(O)CC1)cn2-c1ccc(F)cc1. The summed E-state index contributed by atoms with van der Waals surface area (Å²) in [6.07, 6.45) is 36.8. The number of allylic oxidation sites excluding steroid dienone is 1. The number of benzene rings is 4. The van der Waals surface area contributed by atoms with E-state index in [2.05, 4.69) is 92.3 Å². The van der Waals surface area contributed by atoms with Gasteiger partial charge in [0.15, 0.2) is 0 Å². The number of halogens is 4. The quantitative estimate of drug-likeness (QED) is 0.0207. The van der Waals surface area contributed by atoms with Gasteiger partial charge in [0.05, 0.1) is 88.2 Å². The average molecular weight is 1530 g/mol. The van der Waals surface area contributed by atoms with Crippen LogP contribution in [0.3, 0.4) is 0 Å². The van der Waals surface area contributed by atoms with Gasteiger partial charge in [-0.25, -0.2) is 57.4 Å². The molecule has 0 bridgehead atoms. The van der Waals surface area contributed by atoms with Crippen molar-refractivity contribution in [3.63, 3.8) is 0 Å². The van der Waals surface area contributed by atoms with Crippen LogP contribution in [0.4, 0.5) is 52.7 Å². The van der Waals surface area contributed by atoms with Crippen molar-refractivity contribution < 1.29 is 38.0 Å². The third kappa shape index (κ3) is 19.9. The molecule has 5 aliphatic rings.